The SMILES string of the molecule is ClCCn1nnnc1-c1ccccc1. The number of benzene rings is 1. The molecule has 2 aromatic rings. The summed E-state index contributed by atoms with van der Waals surface area (Å²) in [6, 6.07) is 9.80. The molecule has 0 amide bonds. The number of alkyl halides is 1. The molecule has 0 fully saturated rings. The standard InChI is InChI=1S/C9H9ClN4/c10-6-7-14-9(11-12-13-14)8-4-2-1-3-5-8/h1-5H,6-7H2. The number of halogens is 1. The van der Waals surface area contributed by atoms with Crippen molar-refractivity contribution >= 4 is 11.6 Å². The zero-order chi connectivity index (χ0) is 9.80. The maximum Gasteiger partial charge on any atom is 0.182 e. The molecule has 0 saturated heterocycles. The van der Waals surface area contributed by atoms with E-state index >= 15 is 0 Å². The molecule has 2 rings (SSSR count). The van der Waals surface area contributed by atoms with Gasteiger partial charge in [-0.1, -0.05) is 30.3 Å². The zero-order valence-corrected chi connectivity index (χ0v) is 8.22. The van der Waals surface area contributed by atoms with Gasteiger partial charge in [0.1, 0.15) is 0 Å². The molecule has 1 heterocycles. The van der Waals surface area contributed by atoms with E-state index in [1.807, 2.05) is 30.3 Å². The third-order valence-corrected chi connectivity index (χ3v) is 2.03. The highest BCUT2D eigenvalue weighted by molar-refractivity contribution is 6.17. The molecule has 0 spiro atoms. The molecular formula is C9H9ClN4. The van der Waals surface area contributed by atoms with Crippen molar-refractivity contribution in [1.82, 2.24) is 20.2 Å². The first kappa shape index (κ1) is 9.15. The highest BCUT2D eigenvalue weighted by atomic mass is 35.5. The Morgan fingerprint density at radius 1 is 1.21 bits per heavy atom. The fourth-order valence-corrected chi connectivity index (χ4v) is 1.39. The Morgan fingerprint density at radius 3 is 2.71 bits per heavy atom. The largest absolute Gasteiger partial charge is 0.224 e. The maximum absolute atomic E-state index is 5.64. The van der Waals surface area contributed by atoms with Crippen molar-refractivity contribution in [3.05, 3.63) is 30.3 Å². The molecule has 0 radical (unpaired) electrons. The summed E-state index contributed by atoms with van der Waals surface area (Å²) in [6.45, 7) is 0.624. The van der Waals surface area contributed by atoms with Gasteiger partial charge in [-0.05, 0) is 10.4 Å². The van der Waals surface area contributed by atoms with Crippen molar-refractivity contribution < 1.29 is 0 Å². The highest BCUT2D eigenvalue weighted by Crippen LogP contribution is 2.14. The molecule has 0 aliphatic carbocycles. The lowest BCUT2D eigenvalue weighted by Crippen LogP contribution is -2.03. The fourth-order valence-electron chi connectivity index (χ4n) is 1.23. The molecule has 1 aromatic heterocycles. The third kappa shape index (κ3) is 1.75. The second-order valence-corrected chi connectivity index (χ2v) is 3.16. The lowest BCUT2D eigenvalue weighted by molar-refractivity contribution is 0.634. The Balaban J connectivity index is 2.37. The topological polar surface area (TPSA) is 43.6 Å². The lowest BCUT2D eigenvalue weighted by atomic mass is 10.2. The highest BCUT2D eigenvalue weighted by Gasteiger charge is 2.06. The van der Waals surface area contributed by atoms with Crippen LogP contribution in [0.5, 0.6) is 0 Å². The van der Waals surface area contributed by atoms with Gasteiger partial charge in [0.2, 0.25) is 0 Å². The van der Waals surface area contributed by atoms with Gasteiger partial charge in [-0.3, -0.25) is 0 Å². The molecular weight excluding hydrogens is 200 g/mol. The van der Waals surface area contributed by atoms with Gasteiger partial charge < -0.3 is 0 Å². The van der Waals surface area contributed by atoms with Crippen LogP contribution in [-0.2, 0) is 6.54 Å². The van der Waals surface area contributed by atoms with E-state index < -0.39 is 0 Å². The van der Waals surface area contributed by atoms with Crippen LogP contribution in [0, 0.1) is 0 Å². The average Bonchev–Trinajstić information content (AvgIpc) is 2.68. The van der Waals surface area contributed by atoms with Gasteiger partial charge in [-0.2, -0.15) is 0 Å². The van der Waals surface area contributed by atoms with Crippen LogP contribution >= 0.6 is 11.6 Å². The first-order valence-corrected chi connectivity index (χ1v) is 4.83. The van der Waals surface area contributed by atoms with Crippen molar-refractivity contribution in [2.75, 3.05) is 5.88 Å². The Bertz CT molecular complexity index is 398. The van der Waals surface area contributed by atoms with Crippen LogP contribution in [0.3, 0.4) is 0 Å². The fraction of sp³-hybridized carbons (Fsp3) is 0.222. The summed E-state index contributed by atoms with van der Waals surface area (Å²) in [6.07, 6.45) is 0. The number of hydrogen-bond donors (Lipinski definition) is 0. The van der Waals surface area contributed by atoms with E-state index in [0.29, 0.717) is 12.4 Å². The lowest BCUT2D eigenvalue weighted by Gasteiger charge is -2.00. The van der Waals surface area contributed by atoms with Crippen molar-refractivity contribution in [2.45, 2.75) is 6.54 Å². The zero-order valence-electron chi connectivity index (χ0n) is 7.47. The van der Waals surface area contributed by atoms with Crippen molar-refractivity contribution in [1.29, 1.82) is 0 Å². The molecule has 4 nitrogen and oxygen atoms in total. The molecule has 0 aliphatic rings. The third-order valence-electron chi connectivity index (χ3n) is 1.86. The Kier molecular flexibility index (Phi) is 2.74. The number of rotatable bonds is 3. The number of hydrogen-bond acceptors (Lipinski definition) is 3. The number of tetrazole rings is 1. The molecule has 0 saturated carbocycles. The Morgan fingerprint density at radius 2 is 2.00 bits per heavy atom. The number of nitrogens with zero attached hydrogens (tertiary/aromatic N) is 4. The van der Waals surface area contributed by atoms with Gasteiger partial charge in [-0.25, -0.2) is 4.68 Å². The molecule has 0 bridgehead atoms. The monoisotopic (exact) mass is 208 g/mol. The summed E-state index contributed by atoms with van der Waals surface area (Å²) in [5.41, 5.74) is 1.00. The maximum atomic E-state index is 5.64. The van der Waals surface area contributed by atoms with Crippen LogP contribution in [0.4, 0.5) is 0 Å². The van der Waals surface area contributed by atoms with Crippen LogP contribution in [0.2, 0.25) is 0 Å². The summed E-state index contributed by atoms with van der Waals surface area (Å²) < 4.78 is 1.70. The normalized spacial score (nSPS) is 10.4. The minimum atomic E-state index is 0.505. The molecule has 1 aromatic carbocycles. The molecule has 72 valence electrons. The summed E-state index contributed by atoms with van der Waals surface area (Å²) in [4.78, 5) is 0. The minimum absolute atomic E-state index is 0.505. The predicted molar refractivity (Wildman–Crippen MR) is 54.0 cm³/mol. The van der Waals surface area contributed by atoms with Gasteiger partial charge in [0.15, 0.2) is 5.82 Å². The quantitative estimate of drug-likeness (QED) is 0.720. The first-order valence-electron chi connectivity index (χ1n) is 4.29. The van der Waals surface area contributed by atoms with E-state index in [9.17, 15) is 0 Å². The van der Waals surface area contributed by atoms with E-state index in [1.54, 1.807) is 4.68 Å². The van der Waals surface area contributed by atoms with Crippen molar-refractivity contribution in [2.24, 2.45) is 0 Å². The first-order chi connectivity index (χ1) is 6.92. The second-order valence-electron chi connectivity index (χ2n) is 2.78. The van der Waals surface area contributed by atoms with E-state index in [4.69, 9.17) is 11.6 Å². The molecule has 14 heavy (non-hydrogen) atoms. The molecule has 0 aliphatic heterocycles. The Labute approximate surface area is 86.5 Å². The smallest absolute Gasteiger partial charge is 0.182 e. The van der Waals surface area contributed by atoms with Crippen molar-refractivity contribution in [3.63, 3.8) is 0 Å². The van der Waals surface area contributed by atoms with Gasteiger partial charge in [0.25, 0.3) is 0 Å². The number of aryl methyl sites for hydroxylation is 1. The van der Waals surface area contributed by atoms with E-state index in [1.165, 1.54) is 0 Å². The average molecular weight is 209 g/mol. The van der Waals surface area contributed by atoms with Gasteiger partial charge >= 0.3 is 0 Å². The van der Waals surface area contributed by atoms with Crippen LogP contribution < -0.4 is 0 Å². The van der Waals surface area contributed by atoms with Gasteiger partial charge in [0, 0.05) is 11.4 Å². The molecule has 0 unspecified atom stereocenters. The number of aromatic nitrogens is 4. The van der Waals surface area contributed by atoms with E-state index in [-0.39, 0.29) is 0 Å². The predicted octanol–water partition coefficient (Wildman–Crippen LogP) is 1.58. The molecule has 0 atom stereocenters. The molecule has 0 N–H and O–H groups in total. The van der Waals surface area contributed by atoms with Crippen LogP contribution in [0.1, 0.15) is 0 Å². The van der Waals surface area contributed by atoms with Crippen LogP contribution in [-0.4, -0.2) is 26.1 Å². The summed E-state index contributed by atoms with van der Waals surface area (Å²) in [5, 5.41) is 11.4. The Hall–Kier alpha value is -1.42. The summed E-state index contributed by atoms with van der Waals surface area (Å²) in [5.74, 6) is 1.26. The second kappa shape index (κ2) is 4.19. The van der Waals surface area contributed by atoms with Crippen LogP contribution in [0.15, 0.2) is 30.3 Å². The minimum Gasteiger partial charge on any atom is -0.224 e. The van der Waals surface area contributed by atoms with Crippen LogP contribution in [0.25, 0.3) is 11.4 Å². The summed E-state index contributed by atoms with van der Waals surface area (Å²) >= 11 is 5.64. The van der Waals surface area contributed by atoms with Gasteiger partial charge in [-0.15, -0.1) is 16.7 Å². The van der Waals surface area contributed by atoms with Gasteiger partial charge in [0.05, 0.1) is 6.54 Å². The van der Waals surface area contributed by atoms with E-state index in [0.717, 1.165) is 11.4 Å². The summed E-state index contributed by atoms with van der Waals surface area (Å²) in [7, 11) is 0. The molecule has 5 heteroatoms. The van der Waals surface area contributed by atoms with E-state index in [2.05, 4.69) is 15.5 Å². The van der Waals surface area contributed by atoms with Crippen molar-refractivity contribution in [3.8, 4) is 11.4 Å².